The van der Waals surface area contributed by atoms with Gasteiger partial charge in [0.2, 0.25) is 5.91 Å². The van der Waals surface area contributed by atoms with E-state index in [4.69, 9.17) is 17.0 Å². The van der Waals surface area contributed by atoms with Crippen LogP contribution in [-0.4, -0.2) is 38.4 Å². The van der Waals surface area contributed by atoms with Crippen LogP contribution in [0.1, 0.15) is 19.3 Å². The summed E-state index contributed by atoms with van der Waals surface area (Å²) in [6, 6.07) is 0. The molecule has 8 nitrogen and oxygen atoms in total. The number of rotatable bonds is 10. The van der Waals surface area contributed by atoms with Gasteiger partial charge in [0, 0.05) is 19.4 Å². The normalized spacial score (nSPS) is 9.47. The molecule has 0 fully saturated rings. The zero-order chi connectivity index (χ0) is 14.3. The van der Waals surface area contributed by atoms with Crippen LogP contribution in [0.5, 0.6) is 0 Å². The van der Waals surface area contributed by atoms with Gasteiger partial charge in [-0.2, -0.15) is 5.53 Å². The van der Waals surface area contributed by atoms with E-state index in [1.807, 2.05) is 11.0 Å². The molecule has 5 N–H and O–H groups in total. The first-order valence-corrected chi connectivity index (χ1v) is 5.87. The minimum atomic E-state index is -0.687. The number of nitrogens with two attached hydrogens (primary N) is 1. The minimum absolute atomic E-state index is 0.0523. The first-order chi connectivity index (χ1) is 9.20. The van der Waals surface area contributed by atoms with Gasteiger partial charge >= 0.3 is 6.09 Å². The second-order valence-electron chi connectivity index (χ2n) is 3.43. The maximum Gasteiger partial charge on any atom is 0.422 e. The lowest BCUT2D eigenvalue weighted by Gasteiger charge is -2.07. The lowest BCUT2D eigenvalue weighted by Crippen LogP contribution is -2.42. The third kappa shape index (κ3) is 12.4. The van der Waals surface area contributed by atoms with E-state index in [2.05, 4.69) is 16.0 Å². The van der Waals surface area contributed by atoms with Crippen LogP contribution in [0.25, 0.3) is 0 Å². The third-order valence-corrected chi connectivity index (χ3v) is 1.93. The maximum atomic E-state index is 11.2. The van der Waals surface area contributed by atoms with Gasteiger partial charge < -0.3 is 14.8 Å². The number of amides is 2. The fraction of sp³-hybridized carbons (Fsp3) is 0.636. The molecule has 0 unspecified atom stereocenters. The van der Waals surface area contributed by atoms with Crippen molar-refractivity contribution in [3.05, 3.63) is 0 Å². The summed E-state index contributed by atoms with van der Waals surface area (Å²) in [5, 5.41) is 2.68. The van der Waals surface area contributed by atoms with Crippen molar-refractivity contribution in [3.8, 4) is 12.3 Å². The van der Waals surface area contributed by atoms with Crippen molar-refractivity contribution >= 4 is 12.0 Å². The van der Waals surface area contributed by atoms with Crippen molar-refractivity contribution in [1.29, 1.82) is 0 Å². The van der Waals surface area contributed by atoms with Gasteiger partial charge in [-0.3, -0.25) is 10.6 Å². The molecule has 0 heterocycles. The summed E-state index contributed by atoms with van der Waals surface area (Å²) >= 11 is 0. The summed E-state index contributed by atoms with van der Waals surface area (Å²) in [5.41, 5.74) is 3.96. The smallest absolute Gasteiger partial charge is 0.422 e. The topological polar surface area (TPSA) is 115 Å². The van der Waals surface area contributed by atoms with Crippen molar-refractivity contribution in [1.82, 2.24) is 16.3 Å². The van der Waals surface area contributed by atoms with E-state index < -0.39 is 6.09 Å². The molecule has 0 aromatic carbocycles. The highest BCUT2D eigenvalue weighted by molar-refractivity contribution is 5.75. The molecule has 108 valence electrons. The lowest BCUT2D eigenvalue weighted by atomic mass is 10.2. The molecule has 0 radical (unpaired) electrons. The molecule has 0 bridgehead atoms. The van der Waals surface area contributed by atoms with E-state index in [0.29, 0.717) is 32.4 Å². The Morgan fingerprint density at radius 3 is 2.74 bits per heavy atom. The second kappa shape index (κ2) is 12.6. The van der Waals surface area contributed by atoms with Crippen molar-refractivity contribution in [2.24, 2.45) is 5.84 Å². The molecular weight excluding hydrogens is 252 g/mol. The number of unbranched alkanes of at least 4 members (excludes halogenated alkanes) is 1. The Labute approximate surface area is 112 Å². The Morgan fingerprint density at radius 1 is 1.26 bits per heavy atom. The van der Waals surface area contributed by atoms with Crippen LogP contribution in [0, 0.1) is 12.3 Å². The zero-order valence-corrected chi connectivity index (χ0v) is 10.7. The number of hydrogen-bond donors (Lipinski definition) is 4. The van der Waals surface area contributed by atoms with Crippen LogP contribution in [0.2, 0.25) is 0 Å². The molecular formula is C11H20N4O4. The van der Waals surface area contributed by atoms with E-state index in [-0.39, 0.29) is 19.1 Å². The van der Waals surface area contributed by atoms with Crippen LogP contribution >= 0.6 is 0 Å². The molecule has 19 heavy (non-hydrogen) atoms. The van der Waals surface area contributed by atoms with Crippen LogP contribution in [-0.2, 0) is 14.3 Å². The van der Waals surface area contributed by atoms with Gasteiger partial charge in [0.05, 0.1) is 13.2 Å². The Balaban J connectivity index is 3.24. The highest BCUT2D eigenvalue weighted by atomic mass is 16.6. The molecule has 0 saturated carbocycles. The summed E-state index contributed by atoms with van der Waals surface area (Å²) in [4.78, 5) is 22.0. The molecule has 0 rings (SSSR count). The first-order valence-electron chi connectivity index (χ1n) is 5.87. The number of ether oxygens (including phenoxy) is 2. The minimum Gasteiger partial charge on any atom is -0.446 e. The third-order valence-electron chi connectivity index (χ3n) is 1.93. The zero-order valence-electron chi connectivity index (χ0n) is 10.7. The molecule has 0 spiro atoms. The van der Waals surface area contributed by atoms with Crippen molar-refractivity contribution < 1.29 is 19.1 Å². The highest BCUT2D eigenvalue weighted by Crippen LogP contribution is 1.92. The molecule has 0 atom stereocenters. The Kier molecular flexibility index (Phi) is 11.4. The van der Waals surface area contributed by atoms with Crippen LogP contribution in [0.3, 0.4) is 0 Å². The average molecular weight is 272 g/mol. The van der Waals surface area contributed by atoms with Crippen LogP contribution in [0.15, 0.2) is 0 Å². The monoisotopic (exact) mass is 272 g/mol. The van der Waals surface area contributed by atoms with Gasteiger partial charge in [0.1, 0.15) is 6.61 Å². The molecule has 0 saturated heterocycles. The molecule has 0 aliphatic carbocycles. The summed E-state index contributed by atoms with van der Waals surface area (Å²) in [5.74, 6) is 7.24. The predicted octanol–water partition coefficient (Wildman–Crippen LogP) is -0.973. The predicted molar refractivity (Wildman–Crippen MR) is 68.3 cm³/mol. The standard InChI is InChI=1S/C11H20N4O4/c1-2-3-4-5-10(16)13-6-7-18-8-9-19-11(17)14-15-12/h1,15H,3-9,12H2,(H,13,16)(H,14,17). The molecule has 2 amide bonds. The Morgan fingerprint density at radius 2 is 2.05 bits per heavy atom. The molecule has 0 aliphatic heterocycles. The quantitative estimate of drug-likeness (QED) is 0.176. The summed E-state index contributed by atoms with van der Waals surface area (Å²) in [6.07, 6.45) is 6.08. The second-order valence-corrected chi connectivity index (χ2v) is 3.43. The van der Waals surface area contributed by atoms with E-state index in [1.165, 1.54) is 0 Å². The summed E-state index contributed by atoms with van der Waals surface area (Å²) in [7, 11) is 0. The first kappa shape index (κ1) is 17.2. The van der Waals surface area contributed by atoms with Gasteiger partial charge in [0.25, 0.3) is 0 Å². The van der Waals surface area contributed by atoms with E-state index in [9.17, 15) is 9.59 Å². The van der Waals surface area contributed by atoms with Gasteiger partial charge in [0.15, 0.2) is 0 Å². The van der Waals surface area contributed by atoms with Crippen molar-refractivity contribution in [2.75, 3.05) is 26.4 Å². The maximum absolute atomic E-state index is 11.2. The number of hydrogen-bond acceptors (Lipinski definition) is 6. The number of terminal acetylenes is 1. The van der Waals surface area contributed by atoms with Gasteiger partial charge in [-0.1, -0.05) is 0 Å². The number of carbonyl (C=O) groups is 2. The van der Waals surface area contributed by atoms with Crippen LogP contribution in [0.4, 0.5) is 4.79 Å². The van der Waals surface area contributed by atoms with Crippen molar-refractivity contribution in [3.63, 3.8) is 0 Å². The molecule has 8 heteroatoms. The van der Waals surface area contributed by atoms with Crippen LogP contribution < -0.4 is 22.1 Å². The fourth-order valence-electron chi connectivity index (χ4n) is 1.09. The average Bonchev–Trinajstić information content (AvgIpc) is 2.38. The van der Waals surface area contributed by atoms with E-state index in [1.54, 1.807) is 0 Å². The van der Waals surface area contributed by atoms with Gasteiger partial charge in [-0.25, -0.2) is 10.2 Å². The SMILES string of the molecule is C#CCCCC(=O)NCCOCCOC(=O)NNN. The summed E-state index contributed by atoms with van der Waals surface area (Å²) in [6.45, 7) is 1.10. The largest absolute Gasteiger partial charge is 0.446 e. The van der Waals surface area contributed by atoms with Gasteiger partial charge in [-0.15, -0.1) is 12.3 Å². The van der Waals surface area contributed by atoms with E-state index >= 15 is 0 Å². The van der Waals surface area contributed by atoms with Gasteiger partial charge in [-0.05, 0) is 6.42 Å². The fourth-order valence-corrected chi connectivity index (χ4v) is 1.09. The van der Waals surface area contributed by atoms with Crippen molar-refractivity contribution in [2.45, 2.75) is 19.3 Å². The summed E-state index contributed by atoms with van der Waals surface area (Å²) < 4.78 is 9.79. The highest BCUT2D eigenvalue weighted by Gasteiger charge is 2.00. The Hall–Kier alpha value is -1.82. The number of nitrogens with one attached hydrogen (secondary N) is 3. The number of carbonyl (C=O) groups excluding carboxylic acids is 2. The van der Waals surface area contributed by atoms with E-state index in [0.717, 1.165) is 0 Å². The number of hydrazine groups is 2. The molecule has 0 aromatic rings. The molecule has 0 aromatic heterocycles. The Bertz CT molecular complexity index is 304. The molecule has 0 aliphatic rings. The lowest BCUT2D eigenvalue weighted by molar-refractivity contribution is -0.121.